The number of amides is 1. The van der Waals surface area contributed by atoms with Gasteiger partial charge >= 0.3 is 5.97 Å². The Morgan fingerprint density at radius 3 is 2.86 bits per heavy atom. The number of fused-ring (bicyclic) bond motifs is 3. The largest absolute Gasteiger partial charge is 0.467 e. The van der Waals surface area contributed by atoms with Gasteiger partial charge in [0, 0.05) is 5.75 Å². The molecule has 1 aromatic carbocycles. The Kier molecular flexibility index (Phi) is 4.43. The molecule has 0 bridgehead atoms. The van der Waals surface area contributed by atoms with Crippen molar-refractivity contribution < 1.29 is 14.3 Å². The molecule has 0 saturated carbocycles. The van der Waals surface area contributed by atoms with Crippen LogP contribution in [-0.4, -0.2) is 35.7 Å². The number of thiol groups is 1. The van der Waals surface area contributed by atoms with Crippen LogP contribution in [-0.2, 0) is 20.7 Å². The number of rotatable bonds is 2. The quantitative estimate of drug-likeness (QED) is 0.672. The van der Waals surface area contributed by atoms with Crippen molar-refractivity contribution in [3.05, 3.63) is 35.4 Å². The fourth-order valence-corrected chi connectivity index (χ4v) is 4.02. The van der Waals surface area contributed by atoms with Crippen LogP contribution in [0.4, 0.5) is 0 Å². The van der Waals surface area contributed by atoms with Crippen molar-refractivity contribution in [2.45, 2.75) is 37.8 Å². The van der Waals surface area contributed by atoms with Crippen molar-refractivity contribution in [2.24, 2.45) is 5.92 Å². The summed E-state index contributed by atoms with van der Waals surface area (Å²) in [6.07, 6.45) is 3.19. The van der Waals surface area contributed by atoms with E-state index in [1.54, 1.807) is 4.90 Å². The lowest BCUT2D eigenvalue weighted by Gasteiger charge is -2.41. The molecule has 2 aliphatic rings. The monoisotopic (exact) mass is 319 g/mol. The lowest BCUT2D eigenvalue weighted by Crippen LogP contribution is -2.51. The second-order valence-electron chi connectivity index (χ2n) is 6.01. The molecule has 2 heterocycles. The Labute approximate surface area is 136 Å². The van der Waals surface area contributed by atoms with Crippen molar-refractivity contribution >= 4 is 24.5 Å². The summed E-state index contributed by atoms with van der Waals surface area (Å²) in [6, 6.07) is 7.70. The molecule has 4 nitrogen and oxygen atoms in total. The van der Waals surface area contributed by atoms with E-state index < -0.39 is 6.04 Å². The molecule has 0 radical (unpaired) electrons. The van der Waals surface area contributed by atoms with Gasteiger partial charge in [0.05, 0.1) is 19.1 Å². The molecule has 1 saturated heterocycles. The molecule has 22 heavy (non-hydrogen) atoms. The van der Waals surface area contributed by atoms with Gasteiger partial charge in [-0.3, -0.25) is 4.79 Å². The minimum atomic E-state index is -0.468. The summed E-state index contributed by atoms with van der Waals surface area (Å²) in [5, 5.41) is 0. The van der Waals surface area contributed by atoms with Crippen molar-refractivity contribution in [3.63, 3.8) is 0 Å². The predicted octanol–water partition coefficient (Wildman–Crippen LogP) is 2.38. The summed E-state index contributed by atoms with van der Waals surface area (Å²) in [5.41, 5.74) is 2.38. The highest BCUT2D eigenvalue weighted by atomic mass is 32.1. The summed E-state index contributed by atoms with van der Waals surface area (Å²) in [5.74, 6) is 0.0333. The Bertz CT molecular complexity index is 589. The zero-order chi connectivity index (χ0) is 15.7. The van der Waals surface area contributed by atoms with Crippen molar-refractivity contribution in [3.8, 4) is 0 Å². The van der Waals surface area contributed by atoms with Gasteiger partial charge < -0.3 is 9.64 Å². The van der Waals surface area contributed by atoms with Gasteiger partial charge in [-0.15, -0.1) is 0 Å². The van der Waals surface area contributed by atoms with Gasteiger partial charge in [-0.25, -0.2) is 4.79 Å². The number of esters is 1. The average Bonchev–Trinajstić information content (AvgIpc) is 2.69. The third-order valence-electron chi connectivity index (χ3n) is 4.80. The number of hydrogen-bond donors (Lipinski definition) is 1. The van der Waals surface area contributed by atoms with Gasteiger partial charge in [0.25, 0.3) is 0 Å². The zero-order valence-electron chi connectivity index (χ0n) is 12.7. The Balaban J connectivity index is 2.08. The summed E-state index contributed by atoms with van der Waals surface area (Å²) in [6.45, 7) is 0. The van der Waals surface area contributed by atoms with E-state index in [1.165, 1.54) is 18.2 Å². The van der Waals surface area contributed by atoms with E-state index in [0.717, 1.165) is 12.8 Å². The van der Waals surface area contributed by atoms with Crippen LogP contribution in [0, 0.1) is 5.92 Å². The van der Waals surface area contributed by atoms with E-state index >= 15 is 0 Å². The summed E-state index contributed by atoms with van der Waals surface area (Å²) < 4.78 is 4.93. The number of nitrogens with zero attached hydrogens (tertiary/aromatic N) is 1. The van der Waals surface area contributed by atoms with Crippen LogP contribution < -0.4 is 0 Å². The number of carbonyl (C=O) groups is 2. The van der Waals surface area contributed by atoms with Gasteiger partial charge in [0.2, 0.25) is 5.91 Å². The maximum atomic E-state index is 13.0. The first-order valence-corrected chi connectivity index (χ1v) is 8.39. The Morgan fingerprint density at radius 2 is 2.14 bits per heavy atom. The molecule has 1 aromatic rings. The fraction of sp³-hybridized carbons (Fsp3) is 0.529. The first kappa shape index (κ1) is 15.4. The highest BCUT2D eigenvalue weighted by molar-refractivity contribution is 7.80. The first-order valence-electron chi connectivity index (χ1n) is 7.76. The molecular weight excluding hydrogens is 298 g/mol. The molecule has 2 aliphatic heterocycles. The molecule has 3 atom stereocenters. The van der Waals surface area contributed by atoms with Crippen LogP contribution >= 0.6 is 12.6 Å². The van der Waals surface area contributed by atoms with Crippen LogP contribution in [0.5, 0.6) is 0 Å². The standard InChI is InChI=1S/C17H21NO3S/c1-21-17(20)15-8-4-7-14-13-6-3-2-5-11(13)9-12(10-22)16(19)18(14)15/h2-3,5-6,12,14-15,22H,4,7-10H2,1H3/t12-,14-,15+/m1/s1. The molecule has 0 aromatic heterocycles. The molecule has 0 N–H and O–H groups in total. The van der Waals surface area contributed by atoms with Crippen LogP contribution in [0.3, 0.4) is 0 Å². The number of hydrogen-bond acceptors (Lipinski definition) is 4. The summed E-state index contributed by atoms with van der Waals surface area (Å²) in [7, 11) is 1.39. The second kappa shape index (κ2) is 6.32. The van der Waals surface area contributed by atoms with Crippen molar-refractivity contribution in [2.75, 3.05) is 12.9 Å². The molecule has 118 valence electrons. The normalized spacial score (nSPS) is 27.6. The third-order valence-corrected chi connectivity index (χ3v) is 5.25. The number of carbonyl (C=O) groups excluding carboxylic acids is 2. The molecule has 3 rings (SSSR count). The van der Waals surface area contributed by atoms with Gasteiger partial charge in [0.15, 0.2) is 0 Å². The molecule has 0 unspecified atom stereocenters. The van der Waals surface area contributed by atoms with Gasteiger partial charge in [-0.2, -0.15) is 12.6 Å². The van der Waals surface area contributed by atoms with Crippen LogP contribution in [0.1, 0.15) is 36.4 Å². The number of piperidine rings is 1. The van der Waals surface area contributed by atoms with E-state index in [9.17, 15) is 9.59 Å². The first-order chi connectivity index (χ1) is 10.7. The molecule has 0 aliphatic carbocycles. The van der Waals surface area contributed by atoms with E-state index in [-0.39, 0.29) is 23.8 Å². The van der Waals surface area contributed by atoms with E-state index in [0.29, 0.717) is 18.6 Å². The number of benzene rings is 1. The van der Waals surface area contributed by atoms with E-state index in [4.69, 9.17) is 4.74 Å². The highest BCUT2D eigenvalue weighted by Gasteiger charge is 2.43. The Hall–Kier alpha value is -1.49. The maximum Gasteiger partial charge on any atom is 0.328 e. The molecule has 0 spiro atoms. The minimum absolute atomic E-state index is 0.0218. The second-order valence-corrected chi connectivity index (χ2v) is 6.38. The topological polar surface area (TPSA) is 46.6 Å². The SMILES string of the molecule is COC(=O)[C@@H]1CCC[C@@H]2c3ccccc3C[C@H](CS)C(=O)N21. The molecular formula is C17H21NO3S. The van der Waals surface area contributed by atoms with E-state index in [2.05, 4.69) is 24.8 Å². The van der Waals surface area contributed by atoms with E-state index in [1.807, 2.05) is 12.1 Å². The Morgan fingerprint density at radius 1 is 1.36 bits per heavy atom. The lowest BCUT2D eigenvalue weighted by atomic mass is 9.89. The maximum absolute atomic E-state index is 13.0. The highest BCUT2D eigenvalue weighted by Crippen LogP contribution is 2.40. The van der Waals surface area contributed by atoms with Crippen LogP contribution in [0.15, 0.2) is 24.3 Å². The number of ether oxygens (including phenoxy) is 1. The third kappa shape index (κ3) is 2.51. The van der Waals surface area contributed by atoms with Crippen molar-refractivity contribution in [1.82, 2.24) is 4.90 Å². The smallest absolute Gasteiger partial charge is 0.328 e. The van der Waals surface area contributed by atoms with Gasteiger partial charge in [-0.05, 0) is 36.8 Å². The predicted molar refractivity (Wildman–Crippen MR) is 86.7 cm³/mol. The minimum Gasteiger partial charge on any atom is -0.467 e. The summed E-state index contributed by atoms with van der Waals surface area (Å²) in [4.78, 5) is 26.9. The average molecular weight is 319 g/mol. The molecule has 1 amide bonds. The summed E-state index contributed by atoms with van der Waals surface area (Å²) >= 11 is 4.36. The van der Waals surface area contributed by atoms with Gasteiger partial charge in [-0.1, -0.05) is 24.3 Å². The lowest BCUT2D eigenvalue weighted by molar-refractivity contribution is -0.158. The fourth-order valence-electron chi connectivity index (χ4n) is 3.73. The van der Waals surface area contributed by atoms with Crippen molar-refractivity contribution in [1.29, 1.82) is 0 Å². The van der Waals surface area contributed by atoms with Gasteiger partial charge in [0.1, 0.15) is 6.04 Å². The number of methoxy groups -OCH3 is 1. The molecule has 5 heteroatoms. The van der Waals surface area contributed by atoms with Crippen LogP contribution in [0.2, 0.25) is 0 Å². The zero-order valence-corrected chi connectivity index (χ0v) is 13.6. The molecule has 1 fully saturated rings. The van der Waals surface area contributed by atoms with Crippen LogP contribution in [0.25, 0.3) is 0 Å².